The summed E-state index contributed by atoms with van der Waals surface area (Å²) in [6.45, 7) is 5.34. The summed E-state index contributed by atoms with van der Waals surface area (Å²) in [5.41, 5.74) is 1.50. The third kappa shape index (κ3) is 5.59. The largest absolute Gasteiger partial charge is 0.385 e. The van der Waals surface area contributed by atoms with Crippen molar-refractivity contribution < 1.29 is 4.74 Å². The number of rotatable bonds is 9. The van der Waals surface area contributed by atoms with E-state index in [-0.39, 0.29) is 0 Å². The number of hydrogen-bond donors (Lipinski definition) is 2. The van der Waals surface area contributed by atoms with Gasteiger partial charge in [-0.15, -0.1) is 0 Å². The third-order valence-electron chi connectivity index (χ3n) is 4.92. The zero-order valence-electron chi connectivity index (χ0n) is 16.1. The number of anilines is 1. The van der Waals surface area contributed by atoms with Crippen molar-refractivity contribution in [3.8, 4) is 0 Å². The lowest BCUT2D eigenvalue weighted by Gasteiger charge is -2.42. The summed E-state index contributed by atoms with van der Waals surface area (Å²) in [4.78, 5) is 11.2. The first kappa shape index (κ1) is 19.5. The number of methoxy groups -OCH3 is 1. The van der Waals surface area contributed by atoms with Gasteiger partial charge in [0.2, 0.25) is 0 Å². The number of nitrogens with one attached hydrogen (secondary N) is 2. The molecule has 0 radical (unpaired) electrons. The Hall–Kier alpha value is -1.82. The van der Waals surface area contributed by atoms with E-state index in [1.165, 1.54) is 19.3 Å². The lowest BCUT2D eigenvalue weighted by Crippen LogP contribution is -2.47. The lowest BCUT2D eigenvalue weighted by molar-refractivity contribution is 0.0732. The molecule has 2 N–H and O–H groups in total. The molecule has 0 aromatic carbocycles. The Morgan fingerprint density at radius 2 is 2.16 bits per heavy atom. The number of ether oxygens (including phenoxy) is 1. The highest BCUT2D eigenvalue weighted by atomic mass is 16.5. The number of hydrogen-bond acceptors (Lipinski definition) is 4. The van der Waals surface area contributed by atoms with Crippen molar-refractivity contribution in [2.45, 2.75) is 39.2 Å². The summed E-state index contributed by atoms with van der Waals surface area (Å²) in [6.07, 6.45) is 6.80. The molecule has 1 fully saturated rings. The fourth-order valence-electron chi connectivity index (χ4n) is 3.24. The first-order chi connectivity index (χ1) is 12.1. The zero-order valence-corrected chi connectivity index (χ0v) is 16.1. The molecule has 0 bridgehead atoms. The van der Waals surface area contributed by atoms with Gasteiger partial charge in [-0.1, -0.05) is 12.5 Å². The van der Waals surface area contributed by atoms with Crippen LogP contribution in [0, 0.1) is 5.41 Å². The maximum Gasteiger partial charge on any atom is 0.191 e. The molecule has 1 heterocycles. The monoisotopic (exact) mass is 347 g/mol. The molecule has 0 unspecified atom stereocenters. The predicted molar refractivity (Wildman–Crippen MR) is 104 cm³/mol. The molecule has 25 heavy (non-hydrogen) atoms. The van der Waals surface area contributed by atoms with Crippen molar-refractivity contribution in [1.29, 1.82) is 0 Å². The van der Waals surface area contributed by atoms with Crippen molar-refractivity contribution in [2.75, 3.05) is 45.8 Å². The van der Waals surface area contributed by atoms with Crippen molar-refractivity contribution in [1.82, 2.24) is 15.6 Å². The van der Waals surface area contributed by atoms with E-state index >= 15 is 0 Å². The van der Waals surface area contributed by atoms with E-state index in [1.807, 2.05) is 31.3 Å². The molecule has 1 aromatic rings. The fourth-order valence-corrected chi connectivity index (χ4v) is 3.24. The van der Waals surface area contributed by atoms with Gasteiger partial charge in [0.1, 0.15) is 5.82 Å². The average molecular weight is 348 g/mol. The number of nitrogens with zero attached hydrogens (tertiary/aromatic N) is 3. The van der Waals surface area contributed by atoms with Crippen LogP contribution in [0.3, 0.4) is 0 Å². The van der Waals surface area contributed by atoms with Gasteiger partial charge in [0.15, 0.2) is 5.96 Å². The normalized spacial score (nSPS) is 16.2. The molecule has 140 valence electrons. The van der Waals surface area contributed by atoms with Gasteiger partial charge in [-0.05, 0) is 37.7 Å². The van der Waals surface area contributed by atoms with E-state index in [0.717, 1.165) is 43.5 Å². The van der Waals surface area contributed by atoms with Gasteiger partial charge in [0, 0.05) is 52.7 Å². The minimum absolute atomic E-state index is 0.370. The summed E-state index contributed by atoms with van der Waals surface area (Å²) < 4.78 is 5.28. The van der Waals surface area contributed by atoms with Gasteiger partial charge in [0.25, 0.3) is 0 Å². The minimum atomic E-state index is 0.370. The van der Waals surface area contributed by atoms with Crippen LogP contribution in [0.25, 0.3) is 0 Å². The summed E-state index contributed by atoms with van der Waals surface area (Å²) >= 11 is 0. The number of aromatic nitrogens is 1. The average Bonchev–Trinajstić information content (AvgIpc) is 2.58. The minimum Gasteiger partial charge on any atom is -0.385 e. The molecule has 6 nitrogen and oxygen atoms in total. The van der Waals surface area contributed by atoms with Crippen LogP contribution in [0.1, 0.15) is 38.2 Å². The molecule has 2 rings (SSSR count). The molecule has 1 aromatic heterocycles. The van der Waals surface area contributed by atoms with Crippen LogP contribution in [0.4, 0.5) is 5.82 Å². The van der Waals surface area contributed by atoms with Crippen LogP contribution < -0.4 is 15.5 Å². The summed E-state index contributed by atoms with van der Waals surface area (Å²) in [6, 6.07) is 4.05. The van der Waals surface area contributed by atoms with Crippen LogP contribution in [0.5, 0.6) is 0 Å². The third-order valence-corrected chi connectivity index (χ3v) is 4.92. The lowest BCUT2D eigenvalue weighted by atomic mass is 9.67. The molecule has 0 spiro atoms. The fraction of sp³-hybridized carbons (Fsp3) is 0.684. The highest BCUT2D eigenvalue weighted by Gasteiger charge is 2.36. The van der Waals surface area contributed by atoms with E-state index in [4.69, 9.17) is 9.73 Å². The highest BCUT2D eigenvalue weighted by Crippen LogP contribution is 2.43. The number of guanidine groups is 1. The van der Waals surface area contributed by atoms with Gasteiger partial charge in [-0.25, -0.2) is 9.98 Å². The SMILES string of the molecule is CCNC(=NCc1cccnc1N(C)C)NCC1(CCOC)CCC1. The predicted octanol–water partition coefficient (Wildman–Crippen LogP) is 2.41. The Morgan fingerprint density at radius 1 is 1.36 bits per heavy atom. The first-order valence-corrected chi connectivity index (χ1v) is 9.22. The van der Waals surface area contributed by atoms with Crippen LogP contribution in [0.2, 0.25) is 0 Å². The molecular weight excluding hydrogens is 314 g/mol. The second-order valence-corrected chi connectivity index (χ2v) is 7.03. The highest BCUT2D eigenvalue weighted by molar-refractivity contribution is 5.79. The Labute approximate surface area is 152 Å². The van der Waals surface area contributed by atoms with Crippen molar-refractivity contribution in [2.24, 2.45) is 10.4 Å². The van der Waals surface area contributed by atoms with E-state index in [2.05, 4.69) is 28.6 Å². The smallest absolute Gasteiger partial charge is 0.191 e. The van der Waals surface area contributed by atoms with Crippen molar-refractivity contribution >= 4 is 11.8 Å². The topological polar surface area (TPSA) is 61.8 Å². The molecule has 0 saturated heterocycles. The quantitative estimate of drug-likeness (QED) is 0.531. The molecule has 1 aliphatic carbocycles. The van der Waals surface area contributed by atoms with Gasteiger partial charge in [-0.3, -0.25) is 0 Å². The van der Waals surface area contributed by atoms with Crippen molar-refractivity contribution in [3.63, 3.8) is 0 Å². The van der Waals surface area contributed by atoms with Crippen LogP contribution in [0.15, 0.2) is 23.3 Å². The van der Waals surface area contributed by atoms with Crippen LogP contribution in [-0.4, -0.2) is 51.8 Å². The molecule has 0 amide bonds. The first-order valence-electron chi connectivity index (χ1n) is 9.22. The Morgan fingerprint density at radius 3 is 2.76 bits per heavy atom. The van der Waals surface area contributed by atoms with Gasteiger partial charge >= 0.3 is 0 Å². The molecule has 0 aliphatic heterocycles. The molecule has 1 saturated carbocycles. The molecule has 6 heteroatoms. The van der Waals surface area contributed by atoms with Crippen molar-refractivity contribution in [3.05, 3.63) is 23.9 Å². The zero-order chi connectivity index (χ0) is 18.1. The number of aliphatic imine (C=N–C) groups is 1. The van der Waals surface area contributed by atoms with E-state index in [0.29, 0.717) is 12.0 Å². The van der Waals surface area contributed by atoms with E-state index in [1.54, 1.807) is 7.11 Å². The van der Waals surface area contributed by atoms with E-state index in [9.17, 15) is 0 Å². The molecular formula is C19H33N5O. The molecule has 0 atom stereocenters. The van der Waals surface area contributed by atoms with E-state index < -0.39 is 0 Å². The number of pyridine rings is 1. The Kier molecular flexibility index (Phi) is 7.50. The van der Waals surface area contributed by atoms with Gasteiger partial charge in [-0.2, -0.15) is 0 Å². The Bertz CT molecular complexity index is 555. The van der Waals surface area contributed by atoms with Crippen LogP contribution in [-0.2, 0) is 11.3 Å². The summed E-state index contributed by atoms with van der Waals surface area (Å²) in [7, 11) is 5.80. The maximum absolute atomic E-state index is 5.28. The summed E-state index contributed by atoms with van der Waals surface area (Å²) in [5.74, 6) is 1.84. The second-order valence-electron chi connectivity index (χ2n) is 7.03. The Balaban J connectivity index is 1.99. The molecule has 1 aliphatic rings. The van der Waals surface area contributed by atoms with Gasteiger partial charge in [0.05, 0.1) is 6.54 Å². The second kappa shape index (κ2) is 9.61. The summed E-state index contributed by atoms with van der Waals surface area (Å²) in [5, 5.41) is 6.89. The standard InChI is InChI=1S/C19H33N5O/c1-5-20-18(23-15-19(9-7-10-19)11-13-25-4)22-14-16-8-6-12-21-17(16)24(2)3/h6,8,12H,5,7,9-11,13-15H2,1-4H3,(H2,20,22,23). The van der Waals surface area contributed by atoms with Gasteiger partial charge < -0.3 is 20.3 Å². The maximum atomic E-state index is 5.28. The van der Waals surface area contributed by atoms with Crippen LogP contribution >= 0.6 is 0 Å².